The number of pyridine rings is 2. The van der Waals surface area contributed by atoms with Crippen LogP contribution in [-0.4, -0.2) is 123 Å². The maximum Gasteiger partial charge on any atom is 4.00 e. The zero-order valence-corrected chi connectivity index (χ0v) is 38.1. The summed E-state index contributed by atoms with van der Waals surface area (Å²) in [6.07, 6.45) is 3.62. The van der Waals surface area contributed by atoms with Crippen molar-refractivity contribution >= 4 is 162 Å². The van der Waals surface area contributed by atoms with Crippen molar-refractivity contribution < 1.29 is 0 Å². The summed E-state index contributed by atoms with van der Waals surface area (Å²) in [6.45, 7) is 23.8. The number of rotatable bonds is 8. The summed E-state index contributed by atoms with van der Waals surface area (Å²) in [6, 6.07) is 12.1. The summed E-state index contributed by atoms with van der Waals surface area (Å²) in [5, 5.41) is 2.28. The average Bonchev–Trinajstić information content (AvgIpc) is 3.04. The van der Waals surface area contributed by atoms with Crippen LogP contribution in [0.5, 0.6) is 0 Å². The third-order valence-corrected chi connectivity index (χ3v) is 8.51. The van der Waals surface area contributed by atoms with E-state index in [0.717, 1.165) is 74.2 Å². The second-order valence-electron chi connectivity index (χ2n) is 8.96. The van der Waals surface area contributed by atoms with Crippen molar-refractivity contribution in [2.24, 2.45) is 0 Å². The van der Waals surface area contributed by atoms with Crippen LogP contribution >= 0.6 is 48.9 Å². The first-order valence-corrected chi connectivity index (χ1v) is 18.5. The van der Waals surface area contributed by atoms with E-state index in [1.54, 1.807) is 6.20 Å². The molecule has 0 aliphatic rings. The van der Waals surface area contributed by atoms with Gasteiger partial charge >= 0.3 is 23.9 Å². The molecule has 0 saturated carbocycles. The number of nitrogens with zero attached hydrogens (tertiary/aromatic N) is 6. The first kappa shape index (κ1) is 50.7. The van der Waals surface area contributed by atoms with E-state index < -0.39 is 0 Å². The molecule has 0 radical (unpaired) electrons. The van der Waals surface area contributed by atoms with Gasteiger partial charge in [-0.15, -0.1) is 0 Å². The van der Waals surface area contributed by atoms with Crippen molar-refractivity contribution in [3.63, 3.8) is 0 Å². The van der Waals surface area contributed by atoms with Crippen LogP contribution in [0.3, 0.4) is 0 Å². The molecule has 0 aliphatic heterocycles. The monoisotopic (exact) mass is 892 g/mol. The van der Waals surface area contributed by atoms with Crippen molar-refractivity contribution in [2.45, 2.75) is 55.4 Å². The predicted molar refractivity (Wildman–Crippen MR) is 234 cm³/mol. The van der Waals surface area contributed by atoms with Gasteiger partial charge < -0.3 is 119 Å². The fourth-order valence-electron chi connectivity index (χ4n) is 3.62. The summed E-state index contributed by atoms with van der Waals surface area (Å²) in [7, 11) is 0. The van der Waals surface area contributed by atoms with Crippen molar-refractivity contribution in [1.82, 2.24) is 29.6 Å². The standard InChI is InChI=1S/C12H8N2.4C5H11NS2.Sn/c1-3-9-5-6-11-10(4-2-7-13-11)12(9)14-8-1;4*1-3-6(4-2)5(7)8;/h1-8H;4*3-4H2,1-2H3,(H,7,8);/q;;;;;+4/p-4. The summed E-state index contributed by atoms with van der Waals surface area (Å²) in [4.78, 5) is 16.5. The Labute approximate surface area is 345 Å². The Bertz CT molecular complexity index is 1160. The van der Waals surface area contributed by atoms with Gasteiger partial charge in [-0.05, 0) is 79.7 Å². The number of hydrogen-bond acceptors (Lipinski definition) is 10. The average molecular weight is 892 g/mol. The minimum absolute atomic E-state index is 0. The third-order valence-electron chi connectivity index (χ3n) is 6.44. The number of thiocarbonyl (C=S) groups is 4. The van der Waals surface area contributed by atoms with E-state index in [-0.39, 0.29) is 23.9 Å². The molecule has 0 bridgehead atoms. The maximum absolute atomic E-state index is 4.76. The van der Waals surface area contributed by atoms with E-state index in [4.69, 9.17) is 99.4 Å². The van der Waals surface area contributed by atoms with E-state index in [1.165, 1.54) is 0 Å². The molecule has 0 fully saturated rings. The number of aromatic nitrogens is 2. The van der Waals surface area contributed by atoms with Crippen LogP contribution in [-0.2, 0) is 50.5 Å². The Kier molecular flexibility index (Phi) is 33.7. The molecule has 0 saturated heterocycles. The minimum Gasteiger partial charge on any atom is -0.411 e. The molecule has 15 heteroatoms. The molecule has 258 valence electrons. The van der Waals surface area contributed by atoms with E-state index in [2.05, 4.69) is 28.2 Å². The first-order chi connectivity index (χ1) is 21.8. The van der Waals surface area contributed by atoms with Crippen LogP contribution in [0.25, 0.3) is 21.8 Å². The number of fused-ring (bicyclic) bond motifs is 3. The van der Waals surface area contributed by atoms with E-state index in [1.807, 2.05) is 99.4 Å². The SMILES string of the molecule is CCN(CC)C(=S)[S-].CCN(CC)C(=S)[S-].CCN(CC)C(=S)[S-].CCN(CC)C(=S)[S-].[Sn+4].c1cnc2c(c1)ccc1ncccc12. The molecule has 6 nitrogen and oxygen atoms in total. The van der Waals surface area contributed by atoms with Gasteiger partial charge in [-0.3, -0.25) is 9.97 Å². The maximum atomic E-state index is 4.76. The van der Waals surface area contributed by atoms with Gasteiger partial charge in [0, 0.05) is 75.5 Å². The van der Waals surface area contributed by atoms with Crippen molar-refractivity contribution in [3.8, 4) is 0 Å². The summed E-state index contributed by atoms with van der Waals surface area (Å²) >= 11 is 38.0. The predicted octanol–water partition coefficient (Wildman–Crippen LogP) is 7.04. The smallest absolute Gasteiger partial charge is 0.411 e. The van der Waals surface area contributed by atoms with Gasteiger partial charge in [0.15, 0.2) is 0 Å². The fraction of sp³-hybridized carbons (Fsp3) is 0.500. The second-order valence-corrected chi connectivity index (χ2v) is 13.1. The topological polar surface area (TPSA) is 38.7 Å². The Morgan fingerprint density at radius 2 is 0.830 bits per heavy atom. The van der Waals surface area contributed by atoms with E-state index in [9.17, 15) is 0 Å². The largest absolute Gasteiger partial charge is 4.00 e. The van der Waals surface area contributed by atoms with Crippen molar-refractivity contribution in [3.05, 3.63) is 48.8 Å². The molecule has 3 aromatic rings. The molecule has 0 amide bonds. The molecule has 0 spiro atoms. The zero-order valence-electron chi connectivity index (χ0n) is 28.7. The van der Waals surface area contributed by atoms with Gasteiger partial charge in [0.05, 0.1) is 11.0 Å². The molecular weight excluding hydrogens is 844 g/mol. The van der Waals surface area contributed by atoms with Crippen LogP contribution in [0.2, 0.25) is 0 Å². The van der Waals surface area contributed by atoms with Crippen LogP contribution in [0.1, 0.15) is 55.4 Å². The molecule has 47 heavy (non-hydrogen) atoms. The van der Waals surface area contributed by atoms with E-state index >= 15 is 0 Å². The van der Waals surface area contributed by atoms with Crippen LogP contribution in [0, 0.1) is 0 Å². The fourth-order valence-corrected chi connectivity index (χ4v) is 5.69. The van der Waals surface area contributed by atoms with Crippen LogP contribution < -0.4 is 0 Å². The Hall–Kier alpha value is -0.721. The van der Waals surface area contributed by atoms with Gasteiger partial charge in [0.25, 0.3) is 0 Å². The Balaban J connectivity index is -0.000000529. The molecule has 1 aromatic carbocycles. The van der Waals surface area contributed by atoms with Crippen LogP contribution in [0.4, 0.5) is 0 Å². The van der Waals surface area contributed by atoms with Gasteiger partial charge in [-0.25, -0.2) is 0 Å². The van der Waals surface area contributed by atoms with E-state index in [0.29, 0.717) is 17.3 Å². The third kappa shape index (κ3) is 21.9. The molecule has 0 atom stereocenters. The van der Waals surface area contributed by atoms with Crippen LogP contribution in [0.15, 0.2) is 48.8 Å². The van der Waals surface area contributed by atoms with Crippen molar-refractivity contribution in [1.29, 1.82) is 0 Å². The quantitative estimate of drug-likeness (QED) is 0.101. The normalized spacial score (nSPS) is 9.19. The number of hydrogen-bond donors (Lipinski definition) is 0. The Morgan fingerprint density at radius 3 is 1.13 bits per heavy atom. The molecule has 2 aromatic heterocycles. The summed E-state index contributed by atoms with van der Waals surface area (Å²) in [5.41, 5.74) is 2.02. The van der Waals surface area contributed by atoms with Gasteiger partial charge in [0.2, 0.25) is 0 Å². The van der Waals surface area contributed by atoms with Gasteiger partial charge in [0.1, 0.15) is 0 Å². The molecule has 0 aliphatic carbocycles. The molecule has 0 unspecified atom stereocenters. The molecular formula is C32H48N6S8Sn. The summed E-state index contributed by atoms with van der Waals surface area (Å²) < 4.78 is 2.31. The molecule has 3 rings (SSSR count). The van der Waals surface area contributed by atoms with Gasteiger partial charge in [-0.1, -0.05) is 29.4 Å². The first-order valence-electron chi connectivity index (χ1n) is 15.2. The minimum atomic E-state index is 0. The molecule has 0 N–H and O–H groups in total. The van der Waals surface area contributed by atoms with Gasteiger partial charge in [-0.2, -0.15) is 0 Å². The molecule has 2 heterocycles. The summed E-state index contributed by atoms with van der Waals surface area (Å²) in [5.74, 6) is 0. The van der Waals surface area contributed by atoms with Crippen molar-refractivity contribution in [2.75, 3.05) is 52.4 Å². The Morgan fingerprint density at radius 1 is 0.511 bits per heavy atom. The second kappa shape index (κ2) is 31.3. The number of benzene rings is 1. The zero-order chi connectivity index (χ0) is 35.7.